The van der Waals surface area contributed by atoms with E-state index in [0.717, 1.165) is 5.56 Å². The number of esters is 1. The number of carbonyl (C=O) groups is 1. The summed E-state index contributed by atoms with van der Waals surface area (Å²) in [6.45, 7) is 10.6. The van der Waals surface area contributed by atoms with Crippen molar-refractivity contribution >= 4 is 5.97 Å². The molecule has 0 aliphatic carbocycles. The topological polar surface area (TPSA) is 52.3 Å². The zero-order valence-corrected chi connectivity index (χ0v) is 12.6. The number of hydrogen-bond donors (Lipinski definition) is 1. The molecule has 0 amide bonds. The zero-order valence-electron chi connectivity index (χ0n) is 12.6. The quantitative estimate of drug-likeness (QED) is 0.850. The summed E-state index contributed by atoms with van der Waals surface area (Å²) in [5.41, 5.74) is 8.11. The van der Waals surface area contributed by atoms with E-state index in [0.29, 0.717) is 0 Å². The van der Waals surface area contributed by atoms with Crippen molar-refractivity contribution in [2.75, 3.05) is 0 Å². The largest absolute Gasteiger partial charge is 0.460 e. The first-order valence-electron chi connectivity index (χ1n) is 6.73. The summed E-state index contributed by atoms with van der Waals surface area (Å²) in [7, 11) is 0. The molecule has 0 spiro atoms. The van der Waals surface area contributed by atoms with Crippen molar-refractivity contribution < 1.29 is 9.53 Å². The van der Waals surface area contributed by atoms with Crippen LogP contribution in [-0.4, -0.2) is 12.0 Å². The molecule has 1 aromatic carbocycles. The van der Waals surface area contributed by atoms with E-state index in [-0.39, 0.29) is 23.9 Å². The molecule has 0 saturated carbocycles. The van der Waals surface area contributed by atoms with Gasteiger partial charge in [-0.15, -0.1) is 0 Å². The van der Waals surface area contributed by atoms with Crippen LogP contribution in [-0.2, 0) is 21.6 Å². The van der Waals surface area contributed by atoms with Crippen LogP contribution in [0.1, 0.15) is 45.7 Å². The van der Waals surface area contributed by atoms with Crippen molar-refractivity contribution in [1.82, 2.24) is 0 Å². The Bertz CT molecular complexity index is 415. The van der Waals surface area contributed by atoms with Crippen LogP contribution >= 0.6 is 0 Å². The van der Waals surface area contributed by atoms with Crippen LogP contribution in [0.3, 0.4) is 0 Å². The highest BCUT2D eigenvalue weighted by Crippen LogP contribution is 2.22. The van der Waals surface area contributed by atoms with E-state index in [1.54, 1.807) is 0 Å². The van der Waals surface area contributed by atoms with Gasteiger partial charge < -0.3 is 10.5 Å². The minimum absolute atomic E-state index is 0.0933. The van der Waals surface area contributed by atoms with E-state index in [2.05, 4.69) is 32.9 Å². The van der Waals surface area contributed by atoms with Crippen molar-refractivity contribution in [3.8, 4) is 0 Å². The van der Waals surface area contributed by atoms with Crippen LogP contribution < -0.4 is 5.73 Å². The number of ether oxygens (including phenoxy) is 1. The van der Waals surface area contributed by atoms with Gasteiger partial charge in [0.1, 0.15) is 12.6 Å². The zero-order chi connectivity index (χ0) is 14.6. The van der Waals surface area contributed by atoms with Crippen LogP contribution in [0, 0.1) is 5.92 Å². The molecule has 106 valence electrons. The van der Waals surface area contributed by atoms with Crippen molar-refractivity contribution in [2.45, 2.75) is 52.7 Å². The summed E-state index contributed by atoms with van der Waals surface area (Å²) in [6, 6.07) is 7.59. The molecule has 1 atom stereocenters. The number of hydrogen-bond acceptors (Lipinski definition) is 3. The van der Waals surface area contributed by atoms with Crippen LogP contribution in [0.4, 0.5) is 0 Å². The van der Waals surface area contributed by atoms with E-state index < -0.39 is 6.04 Å². The molecule has 1 unspecified atom stereocenters. The molecule has 1 rings (SSSR count). The van der Waals surface area contributed by atoms with Crippen molar-refractivity contribution in [3.63, 3.8) is 0 Å². The summed E-state index contributed by atoms with van der Waals surface area (Å²) >= 11 is 0. The normalized spacial score (nSPS) is 13.4. The molecule has 1 aromatic rings. The van der Waals surface area contributed by atoms with E-state index in [9.17, 15) is 4.79 Å². The summed E-state index contributed by atoms with van der Waals surface area (Å²) in [4.78, 5) is 11.6. The second-order valence-corrected chi connectivity index (χ2v) is 6.32. The first-order valence-corrected chi connectivity index (χ1v) is 6.73. The van der Waals surface area contributed by atoms with Gasteiger partial charge >= 0.3 is 5.97 Å². The average molecular weight is 263 g/mol. The molecule has 0 aliphatic heterocycles. The van der Waals surface area contributed by atoms with Crippen LogP contribution in [0.25, 0.3) is 0 Å². The van der Waals surface area contributed by atoms with E-state index >= 15 is 0 Å². The predicted molar refractivity (Wildman–Crippen MR) is 77.8 cm³/mol. The number of carbonyl (C=O) groups excluding carboxylic acids is 1. The maximum Gasteiger partial charge on any atom is 0.323 e. The van der Waals surface area contributed by atoms with E-state index in [1.807, 2.05) is 26.0 Å². The van der Waals surface area contributed by atoms with E-state index in [4.69, 9.17) is 10.5 Å². The van der Waals surface area contributed by atoms with E-state index in [1.165, 1.54) is 5.56 Å². The first-order chi connectivity index (χ1) is 8.71. The Hall–Kier alpha value is -1.35. The van der Waals surface area contributed by atoms with Gasteiger partial charge in [-0.3, -0.25) is 4.79 Å². The molecule has 0 saturated heterocycles. The van der Waals surface area contributed by atoms with Gasteiger partial charge in [0, 0.05) is 0 Å². The highest BCUT2D eigenvalue weighted by molar-refractivity contribution is 5.75. The number of nitrogens with two attached hydrogens (primary N) is 1. The Morgan fingerprint density at radius 3 is 2.16 bits per heavy atom. The maximum atomic E-state index is 11.6. The Labute approximate surface area is 116 Å². The molecule has 0 heterocycles. The summed E-state index contributed by atoms with van der Waals surface area (Å²) < 4.78 is 5.21. The minimum Gasteiger partial charge on any atom is -0.460 e. The van der Waals surface area contributed by atoms with Crippen molar-refractivity contribution in [2.24, 2.45) is 11.7 Å². The highest BCUT2D eigenvalue weighted by atomic mass is 16.5. The summed E-state index contributed by atoms with van der Waals surface area (Å²) in [6.07, 6.45) is 0. The van der Waals surface area contributed by atoms with Gasteiger partial charge in [-0.1, -0.05) is 58.9 Å². The van der Waals surface area contributed by atoms with Crippen LogP contribution in [0.2, 0.25) is 0 Å². The molecule has 19 heavy (non-hydrogen) atoms. The fourth-order valence-corrected chi connectivity index (χ4v) is 1.62. The maximum absolute atomic E-state index is 11.6. The van der Waals surface area contributed by atoms with Gasteiger partial charge in [-0.25, -0.2) is 0 Å². The fraction of sp³-hybridized carbons (Fsp3) is 0.562. The molecular formula is C16H25NO2. The minimum atomic E-state index is -0.547. The lowest BCUT2D eigenvalue weighted by atomic mass is 9.87. The second-order valence-electron chi connectivity index (χ2n) is 6.32. The molecule has 0 aromatic heterocycles. The highest BCUT2D eigenvalue weighted by Gasteiger charge is 2.18. The van der Waals surface area contributed by atoms with Gasteiger partial charge in [0.15, 0.2) is 0 Å². The smallest absolute Gasteiger partial charge is 0.323 e. The van der Waals surface area contributed by atoms with Gasteiger partial charge in [0.05, 0.1) is 0 Å². The first kappa shape index (κ1) is 15.7. The van der Waals surface area contributed by atoms with Gasteiger partial charge in [-0.2, -0.15) is 0 Å². The third-order valence-corrected chi connectivity index (χ3v) is 3.19. The molecule has 0 radical (unpaired) electrons. The lowest BCUT2D eigenvalue weighted by molar-refractivity contribution is -0.147. The molecule has 3 nitrogen and oxygen atoms in total. The van der Waals surface area contributed by atoms with Crippen LogP contribution in [0.15, 0.2) is 24.3 Å². The number of rotatable bonds is 4. The average Bonchev–Trinajstić information content (AvgIpc) is 2.34. The molecule has 0 fully saturated rings. The van der Waals surface area contributed by atoms with Gasteiger partial charge in [0.2, 0.25) is 0 Å². The van der Waals surface area contributed by atoms with Crippen molar-refractivity contribution in [1.29, 1.82) is 0 Å². The van der Waals surface area contributed by atoms with Gasteiger partial charge in [-0.05, 0) is 22.5 Å². The standard InChI is InChI=1S/C16H25NO2/c1-11(2)14(17)15(18)19-10-12-6-8-13(9-7-12)16(3,4)5/h6-9,11,14H,10,17H2,1-5H3. The Kier molecular flexibility index (Phi) is 5.12. The lowest BCUT2D eigenvalue weighted by Gasteiger charge is -2.19. The summed E-state index contributed by atoms with van der Waals surface area (Å²) in [5, 5.41) is 0. The lowest BCUT2D eigenvalue weighted by Crippen LogP contribution is -2.36. The monoisotopic (exact) mass is 263 g/mol. The molecule has 0 aliphatic rings. The second kappa shape index (κ2) is 6.20. The molecule has 2 N–H and O–H groups in total. The third-order valence-electron chi connectivity index (χ3n) is 3.19. The Balaban J connectivity index is 2.58. The summed E-state index contributed by atoms with van der Waals surface area (Å²) in [5.74, 6) is -0.245. The van der Waals surface area contributed by atoms with Gasteiger partial charge in [0.25, 0.3) is 0 Å². The molecule has 0 bridgehead atoms. The number of benzene rings is 1. The molecular weight excluding hydrogens is 238 g/mol. The SMILES string of the molecule is CC(C)C(N)C(=O)OCc1ccc(C(C)(C)C)cc1. The Morgan fingerprint density at radius 1 is 1.21 bits per heavy atom. The van der Waals surface area contributed by atoms with Crippen LogP contribution in [0.5, 0.6) is 0 Å². The fourth-order valence-electron chi connectivity index (χ4n) is 1.62. The Morgan fingerprint density at radius 2 is 1.74 bits per heavy atom. The predicted octanol–water partition coefficient (Wildman–Crippen LogP) is 3.01. The third kappa shape index (κ3) is 4.67. The molecule has 3 heteroatoms. The van der Waals surface area contributed by atoms with Crippen molar-refractivity contribution in [3.05, 3.63) is 35.4 Å².